The summed E-state index contributed by atoms with van der Waals surface area (Å²) in [5, 5.41) is 28.1. The number of nitrogens with zero attached hydrogens (tertiary/aromatic N) is 3. The molecule has 7 nitrogen and oxygen atoms in total. The number of aliphatic hydroxyl groups excluding tert-OH is 1. The van der Waals surface area contributed by atoms with Crippen LogP contribution in [0.3, 0.4) is 0 Å². The van der Waals surface area contributed by atoms with Crippen molar-refractivity contribution in [3.63, 3.8) is 0 Å². The number of rotatable bonds is 3. The van der Waals surface area contributed by atoms with Crippen LogP contribution in [0, 0.1) is 0 Å². The van der Waals surface area contributed by atoms with Gasteiger partial charge in [0.2, 0.25) is 0 Å². The lowest BCUT2D eigenvalue weighted by Gasteiger charge is -2.07. The fourth-order valence-corrected chi connectivity index (χ4v) is 2.40. The maximum Gasteiger partial charge on any atom is 0.341 e. The number of hydrogen-bond donors (Lipinski definition) is 2. The highest BCUT2D eigenvalue weighted by molar-refractivity contribution is 5.92. The Hall–Kier alpha value is -3.19. The molecular weight excluding hydrogens is 334 g/mol. The zero-order valence-electron chi connectivity index (χ0n) is 14.5. The molecule has 0 radical (unpaired) electrons. The number of hydrogen-bond acceptors (Lipinski definition) is 6. The van der Waals surface area contributed by atoms with Crippen molar-refractivity contribution >= 4 is 17.0 Å². The second-order valence-corrected chi connectivity index (χ2v) is 6.06. The molecule has 1 unspecified atom stereocenters. The van der Waals surface area contributed by atoms with Gasteiger partial charge in [0.05, 0.1) is 11.7 Å². The number of aliphatic hydroxyl groups is 1. The summed E-state index contributed by atoms with van der Waals surface area (Å²) in [7, 11) is 0. The number of fused-ring (bicyclic) bond motifs is 1. The van der Waals surface area contributed by atoms with Crippen LogP contribution in [0.2, 0.25) is 0 Å². The number of carbonyl (C=O) groups is 1. The van der Waals surface area contributed by atoms with Gasteiger partial charge in [0.15, 0.2) is 0 Å². The zero-order valence-corrected chi connectivity index (χ0v) is 14.5. The van der Waals surface area contributed by atoms with Crippen molar-refractivity contribution in [2.75, 3.05) is 0 Å². The van der Waals surface area contributed by atoms with Gasteiger partial charge in [-0.15, -0.1) is 15.0 Å². The van der Waals surface area contributed by atoms with Crippen LogP contribution in [0.5, 0.6) is 5.75 Å². The number of benzene rings is 2. The summed E-state index contributed by atoms with van der Waals surface area (Å²) in [4.78, 5) is 11.4. The molecule has 3 aromatic rings. The predicted molar refractivity (Wildman–Crippen MR) is 95.8 cm³/mol. The lowest BCUT2D eigenvalue weighted by Crippen LogP contribution is -2.10. The van der Waals surface area contributed by atoms with Gasteiger partial charge in [0.25, 0.3) is 0 Å². The van der Waals surface area contributed by atoms with E-state index >= 15 is 0 Å². The Morgan fingerprint density at radius 1 is 1.15 bits per heavy atom. The smallest absolute Gasteiger partial charge is 0.341 e. The maximum atomic E-state index is 10.1. The van der Waals surface area contributed by atoms with Crippen molar-refractivity contribution in [3.05, 3.63) is 59.9 Å². The molecule has 0 aliphatic carbocycles. The molecule has 134 valence electrons. The van der Waals surface area contributed by atoms with E-state index in [1.165, 1.54) is 11.1 Å². The third-order valence-corrected chi connectivity index (χ3v) is 3.74. The topological polar surface area (TPSA) is 97.5 Å². The number of cyclic esters (lactones) is 1. The van der Waals surface area contributed by atoms with Crippen LogP contribution in [0.4, 0.5) is 0 Å². The molecule has 0 saturated heterocycles. The van der Waals surface area contributed by atoms with Gasteiger partial charge in [-0.05, 0) is 50.1 Å². The molecule has 2 N–H and O–H groups in total. The van der Waals surface area contributed by atoms with Gasteiger partial charge in [-0.3, -0.25) is 0 Å². The second kappa shape index (κ2) is 7.37. The van der Waals surface area contributed by atoms with Crippen molar-refractivity contribution in [1.82, 2.24) is 15.0 Å². The van der Waals surface area contributed by atoms with Crippen molar-refractivity contribution in [3.8, 4) is 11.4 Å². The average molecular weight is 353 g/mol. The van der Waals surface area contributed by atoms with Crippen molar-refractivity contribution in [2.24, 2.45) is 0 Å². The molecule has 7 heteroatoms. The van der Waals surface area contributed by atoms with Gasteiger partial charge in [0, 0.05) is 0 Å². The lowest BCUT2D eigenvalue weighted by molar-refractivity contribution is -0.138. The van der Waals surface area contributed by atoms with Crippen LogP contribution in [0.1, 0.15) is 19.4 Å². The van der Waals surface area contributed by atoms with E-state index in [1.807, 2.05) is 30.3 Å². The summed E-state index contributed by atoms with van der Waals surface area (Å²) in [5.74, 6) is -0.0987. The van der Waals surface area contributed by atoms with Crippen molar-refractivity contribution in [2.45, 2.75) is 26.4 Å². The minimum absolute atomic E-state index is 0.100. The standard InChI is InChI=1S/C15H15N3O2.C4H4O2/c1-10(19)8-11-6-7-14(15(20)9-11)18-16-12-4-2-3-5-13(12)17-18;1-3-2-6-4(3)5/h2-7,9-10,19-20H,8H2,1H3;2H,1H3. The Kier molecular flexibility index (Phi) is 4.99. The molecule has 0 bridgehead atoms. The summed E-state index contributed by atoms with van der Waals surface area (Å²) >= 11 is 0. The largest absolute Gasteiger partial charge is 0.506 e. The molecule has 0 amide bonds. The van der Waals surface area contributed by atoms with E-state index in [0.717, 1.165) is 16.6 Å². The van der Waals surface area contributed by atoms with Gasteiger partial charge in [0.1, 0.15) is 28.7 Å². The lowest BCUT2D eigenvalue weighted by atomic mass is 10.1. The van der Waals surface area contributed by atoms with E-state index in [0.29, 0.717) is 17.7 Å². The molecule has 1 aromatic heterocycles. The van der Waals surface area contributed by atoms with Crippen LogP contribution < -0.4 is 0 Å². The van der Waals surface area contributed by atoms with Crippen LogP contribution in [-0.4, -0.2) is 37.3 Å². The Bertz CT molecular complexity index is 943. The molecule has 1 atom stereocenters. The molecule has 0 saturated carbocycles. The van der Waals surface area contributed by atoms with E-state index in [9.17, 15) is 15.0 Å². The summed E-state index contributed by atoms with van der Waals surface area (Å²) < 4.78 is 4.24. The highest BCUT2D eigenvalue weighted by Gasteiger charge is 2.12. The van der Waals surface area contributed by atoms with Crippen molar-refractivity contribution in [1.29, 1.82) is 0 Å². The highest BCUT2D eigenvalue weighted by Crippen LogP contribution is 2.23. The first-order chi connectivity index (χ1) is 12.4. The molecule has 4 rings (SSSR count). The molecule has 2 heterocycles. The number of aromatic nitrogens is 3. The molecule has 0 fully saturated rings. The molecular formula is C19H19N3O4. The maximum absolute atomic E-state index is 10.1. The summed E-state index contributed by atoms with van der Waals surface area (Å²) in [6, 6.07) is 12.8. The molecule has 2 aromatic carbocycles. The number of phenols is 1. The number of carbonyl (C=O) groups excluding carboxylic acids is 1. The third-order valence-electron chi connectivity index (χ3n) is 3.74. The summed E-state index contributed by atoms with van der Waals surface area (Å²) in [5.41, 5.74) is 3.66. The molecule has 1 aliphatic rings. The van der Waals surface area contributed by atoms with Gasteiger partial charge in [-0.2, -0.15) is 0 Å². The van der Waals surface area contributed by atoms with Gasteiger partial charge >= 0.3 is 5.97 Å². The third kappa shape index (κ3) is 3.89. The minimum atomic E-state index is -0.439. The molecule has 1 aliphatic heterocycles. The predicted octanol–water partition coefficient (Wildman–Crippen LogP) is 2.50. The minimum Gasteiger partial charge on any atom is -0.506 e. The Balaban J connectivity index is 0.000000278. The van der Waals surface area contributed by atoms with E-state index in [-0.39, 0.29) is 11.7 Å². The Labute approximate surface area is 150 Å². The number of ether oxygens (including phenoxy) is 1. The van der Waals surface area contributed by atoms with Crippen LogP contribution >= 0.6 is 0 Å². The number of aromatic hydroxyl groups is 1. The summed E-state index contributed by atoms with van der Waals surface area (Å²) in [6.45, 7) is 3.43. The first kappa shape index (κ1) is 17.6. The Morgan fingerprint density at radius 3 is 2.19 bits per heavy atom. The number of phenolic OH excluding ortho intramolecular Hbond substituents is 1. The first-order valence-corrected chi connectivity index (χ1v) is 8.14. The fraction of sp³-hybridized carbons (Fsp3) is 0.211. The van der Waals surface area contributed by atoms with E-state index in [1.54, 1.807) is 26.0 Å². The van der Waals surface area contributed by atoms with Gasteiger partial charge < -0.3 is 14.9 Å². The van der Waals surface area contributed by atoms with E-state index in [2.05, 4.69) is 14.9 Å². The monoisotopic (exact) mass is 353 g/mol. The Morgan fingerprint density at radius 2 is 1.77 bits per heavy atom. The summed E-state index contributed by atoms with van der Waals surface area (Å²) in [6.07, 6.45) is 1.50. The average Bonchev–Trinajstić information content (AvgIpc) is 3.04. The number of esters is 1. The van der Waals surface area contributed by atoms with E-state index in [4.69, 9.17) is 0 Å². The normalized spacial score (nSPS) is 14.0. The molecule has 0 spiro atoms. The second-order valence-electron chi connectivity index (χ2n) is 6.06. The van der Waals surface area contributed by atoms with Gasteiger partial charge in [-0.25, -0.2) is 4.79 Å². The van der Waals surface area contributed by atoms with Crippen LogP contribution in [0.25, 0.3) is 16.7 Å². The quantitative estimate of drug-likeness (QED) is 0.702. The van der Waals surface area contributed by atoms with Gasteiger partial charge in [-0.1, -0.05) is 18.2 Å². The fourth-order valence-electron chi connectivity index (χ4n) is 2.40. The van der Waals surface area contributed by atoms with Crippen LogP contribution in [-0.2, 0) is 16.0 Å². The van der Waals surface area contributed by atoms with E-state index < -0.39 is 6.10 Å². The highest BCUT2D eigenvalue weighted by atomic mass is 16.5. The first-order valence-electron chi connectivity index (χ1n) is 8.14. The SMILES string of the molecule is CC(O)Cc1ccc(-n2nc3ccccc3n2)c(O)c1.CC1=COC1=O. The van der Waals surface area contributed by atoms with Crippen LogP contribution in [0.15, 0.2) is 54.3 Å². The zero-order chi connectivity index (χ0) is 18.7. The van der Waals surface area contributed by atoms with Crippen molar-refractivity contribution < 1.29 is 19.7 Å². The molecule has 26 heavy (non-hydrogen) atoms.